The molecule has 5 nitrogen and oxygen atoms in total. The Morgan fingerprint density at radius 3 is 2.54 bits per heavy atom. The number of aryl methyl sites for hydroxylation is 2. The average Bonchev–Trinajstić information content (AvgIpc) is 3.26. The Hall–Kier alpha value is -2.66. The standard InChI is InChI=1S/C22H21ClN2O3/c1-2-22(17-8-10-18(23)11-9-17)20(27)25(21(28)24-22)13-19(26)16-7-6-14-4-3-5-15(14)12-16/h6-12H,2-5,13H2,1H3,(H,24,28). The van der Waals surface area contributed by atoms with Crippen LogP contribution in [-0.4, -0.2) is 29.2 Å². The number of ketones is 1. The van der Waals surface area contributed by atoms with Crippen LogP contribution in [-0.2, 0) is 23.2 Å². The SMILES string of the molecule is CCC1(c2ccc(Cl)cc2)NC(=O)N(CC(=O)c2ccc3c(c2)CCC3)C1=O. The van der Waals surface area contributed by atoms with Crippen molar-refractivity contribution in [3.63, 3.8) is 0 Å². The largest absolute Gasteiger partial charge is 0.325 e. The van der Waals surface area contributed by atoms with Crippen LogP contribution in [0.1, 0.15) is 46.8 Å². The molecule has 0 saturated carbocycles. The minimum absolute atomic E-state index is 0.235. The van der Waals surface area contributed by atoms with Gasteiger partial charge >= 0.3 is 6.03 Å². The number of hydrogen-bond donors (Lipinski definition) is 1. The lowest BCUT2D eigenvalue weighted by Gasteiger charge is -2.25. The summed E-state index contributed by atoms with van der Waals surface area (Å²) in [7, 11) is 0. The number of Topliss-reactive ketones (excluding diaryl/α,β-unsaturated/α-hetero) is 1. The molecule has 1 heterocycles. The smallest absolute Gasteiger partial charge is 0.319 e. The summed E-state index contributed by atoms with van der Waals surface area (Å²) in [5.74, 6) is -0.641. The number of fused-ring (bicyclic) bond motifs is 1. The number of nitrogens with zero attached hydrogens (tertiary/aromatic N) is 1. The molecule has 1 fully saturated rings. The summed E-state index contributed by atoms with van der Waals surface area (Å²) in [4.78, 5) is 39.5. The van der Waals surface area contributed by atoms with Gasteiger partial charge in [0.2, 0.25) is 0 Å². The zero-order valence-corrected chi connectivity index (χ0v) is 16.4. The highest BCUT2D eigenvalue weighted by Gasteiger charge is 2.51. The van der Waals surface area contributed by atoms with Crippen molar-refractivity contribution in [2.75, 3.05) is 6.54 Å². The van der Waals surface area contributed by atoms with E-state index in [-0.39, 0.29) is 12.3 Å². The molecule has 3 amide bonds. The molecule has 0 spiro atoms. The molecule has 2 aliphatic rings. The fourth-order valence-electron chi connectivity index (χ4n) is 4.12. The summed E-state index contributed by atoms with van der Waals surface area (Å²) in [6, 6.07) is 12.0. The van der Waals surface area contributed by atoms with Crippen LogP contribution in [0.25, 0.3) is 0 Å². The number of halogens is 1. The Labute approximate surface area is 168 Å². The summed E-state index contributed by atoms with van der Waals surface area (Å²) in [6.07, 6.45) is 3.48. The molecule has 4 rings (SSSR count). The van der Waals surface area contributed by atoms with Gasteiger partial charge in [0.25, 0.3) is 5.91 Å². The van der Waals surface area contributed by atoms with E-state index >= 15 is 0 Å². The van der Waals surface area contributed by atoms with Gasteiger partial charge in [-0.1, -0.05) is 42.8 Å². The first-order chi connectivity index (χ1) is 13.4. The highest BCUT2D eigenvalue weighted by Crippen LogP contribution is 2.33. The van der Waals surface area contributed by atoms with Gasteiger partial charge < -0.3 is 5.32 Å². The highest BCUT2D eigenvalue weighted by atomic mass is 35.5. The van der Waals surface area contributed by atoms with Gasteiger partial charge in [-0.05, 0) is 60.6 Å². The fourth-order valence-corrected chi connectivity index (χ4v) is 4.25. The molecular formula is C22H21ClN2O3. The molecule has 6 heteroatoms. The molecule has 1 saturated heterocycles. The van der Waals surface area contributed by atoms with Crippen LogP contribution in [0.5, 0.6) is 0 Å². The average molecular weight is 397 g/mol. The molecule has 144 valence electrons. The van der Waals surface area contributed by atoms with Gasteiger partial charge in [0.05, 0.1) is 6.54 Å². The highest BCUT2D eigenvalue weighted by molar-refractivity contribution is 6.30. The van der Waals surface area contributed by atoms with Crippen molar-refractivity contribution in [2.24, 2.45) is 0 Å². The van der Waals surface area contributed by atoms with Crippen LogP contribution >= 0.6 is 11.6 Å². The molecule has 1 unspecified atom stereocenters. The van der Waals surface area contributed by atoms with Gasteiger partial charge in [-0.15, -0.1) is 0 Å². The Morgan fingerprint density at radius 2 is 1.82 bits per heavy atom. The zero-order valence-electron chi connectivity index (χ0n) is 15.6. The van der Waals surface area contributed by atoms with E-state index in [0.717, 1.165) is 24.2 Å². The Balaban J connectivity index is 1.58. The van der Waals surface area contributed by atoms with Crippen molar-refractivity contribution in [3.8, 4) is 0 Å². The lowest BCUT2D eigenvalue weighted by molar-refractivity contribution is -0.131. The lowest BCUT2D eigenvalue weighted by atomic mass is 9.87. The number of carbonyl (C=O) groups is 3. The maximum Gasteiger partial charge on any atom is 0.325 e. The first-order valence-corrected chi connectivity index (χ1v) is 9.87. The summed E-state index contributed by atoms with van der Waals surface area (Å²) < 4.78 is 0. The minimum atomic E-state index is -1.17. The number of amides is 3. The van der Waals surface area contributed by atoms with Crippen molar-refractivity contribution in [1.82, 2.24) is 10.2 Å². The summed E-state index contributed by atoms with van der Waals surface area (Å²) in [5, 5.41) is 3.34. The Kier molecular flexibility index (Phi) is 4.71. The molecular weight excluding hydrogens is 376 g/mol. The molecule has 2 aromatic rings. The third-order valence-electron chi connectivity index (χ3n) is 5.77. The number of urea groups is 1. The van der Waals surface area contributed by atoms with Crippen LogP contribution in [0.3, 0.4) is 0 Å². The van der Waals surface area contributed by atoms with E-state index in [4.69, 9.17) is 11.6 Å². The third kappa shape index (κ3) is 3.00. The van der Waals surface area contributed by atoms with Gasteiger partial charge in [0, 0.05) is 10.6 Å². The number of benzene rings is 2. The van der Waals surface area contributed by atoms with E-state index in [1.165, 1.54) is 11.1 Å². The molecule has 1 atom stereocenters. The second-order valence-corrected chi connectivity index (χ2v) is 7.78. The number of rotatable bonds is 5. The van der Waals surface area contributed by atoms with Crippen molar-refractivity contribution < 1.29 is 14.4 Å². The quantitative estimate of drug-likeness (QED) is 0.616. The number of nitrogens with one attached hydrogen (secondary N) is 1. The van der Waals surface area contributed by atoms with Crippen molar-refractivity contribution in [1.29, 1.82) is 0 Å². The van der Waals surface area contributed by atoms with Gasteiger partial charge in [0.15, 0.2) is 5.78 Å². The first-order valence-electron chi connectivity index (χ1n) is 9.50. The molecule has 28 heavy (non-hydrogen) atoms. The maximum atomic E-state index is 13.2. The first kappa shape index (κ1) is 18.7. The lowest BCUT2D eigenvalue weighted by Crippen LogP contribution is -2.43. The molecule has 1 aliphatic carbocycles. The number of imide groups is 1. The van der Waals surface area contributed by atoms with Gasteiger partial charge in [-0.3, -0.25) is 14.5 Å². The van der Waals surface area contributed by atoms with Crippen molar-refractivity contribution >= 4 is 29.3 Å². The van der Waals surface area contributed by atoms with Crippen molar-refractivity contribution in [3.05, 3.63) is 69.7 Å². The zero-order chi connectivity index (χ0) is 19.9. The predicted molar refractivity (Wildman–Crippen MR) is 106 cm³/mol. The normalized spacial score (nSPS) is 21.0. The second-order valence-electron chi connectivity index (χ2n) is 7.35. The fraction of sp³-hybridized carbons (Fsp3) is 0.318. The molecule has 0 radical (unpaired) electrons. The van der Waals surface area contributed by atoms with Crippen LogP contribution < -0.4 is 5.32 Å². The number of carbonyl (C=O) groups excluding carboxylic acids is 3. The van der Waals surface area contributed by atoms with Gasteiger partial charge in [0.1, 0.15) is 5.54 Å². The maximum absolute atomic E-state index is 13.2. The predicted octanol–water partition coefficient (Wildman–Crippen LogP) is 3.87. The van der Waals surface area contributed by atoms with Crippen LogP contribution in [0.2, 0.25) is 5.02 Å². The minimum Gasteiger partial charge on any atom is -0.319 e. The van der Waals surface area contributed by atoms with E-state index in [2.05, 4.69) is 5.32 Å². The van der Waals surface area contributed by atoms with E-state index in [1.807, 2.05) is 19.1 Å². The van der Waals surface area contributed by atoms with Crippen LogP contribution in [0.15, 0.2) is 42.5 Å². The summed E-state index contributed by atoms with van der Waals surface area (Å²) in [6.45, 7) is 1.57. The Morgan fingerprint density at radius 1 is 1.11 bits per heavy atom. The molecule has 2 aromatic carbocycles. The molecule has 1 N–H and O–H groups in total. The number of hydrogen-bond acceptors (Lipinski definition) is 3. The molecule has 0 bridgehead atoms. The van der Waals surface area contributed by atoms with E-state index in [9.17, 15) is 14.4 Å². The van der Waals surface area contributed by atoms with E-state index < -0.39 is 17.5 Å². The summed E-state index contributed by atoms with van der Waals surface area (Å²) >= 11 is 5.95. The van der Waals surface area contributed by atoms with Crippen LogP contribution in [0.4, 0.5) is 4.79 Å². The van der Waals surface area contributed by atoms with Gasteiger partial charge in [-0.25, -0.2) is 4.79 Å². The second kappa shape index (κ2) is 7.06. The van der Waals surface area contributed by atoms with Crippen molar-refractivity contribution in [2.45, 2.75) is 38.1 Å². The van der Waals surface area contributed by atoms with Gasteiger partial charge in [-0.2, -0.15) is 0 Å². The monoisotopic (exact) mass is 396 g/mol. The molecule has 1 aliphatic heterocycles. The van der Waals surface area contributed by atoms with E-state index in [1.54, 1.807) is 30.3 Å². The summed E-state index contributed by atoms with van der Waals surface area (Å²) in [5.41, 5.74) is 2.50. The molecule has 0 aromatic heterocycles. The topological polar surface area (TPSA) is 66.5 Å². The third-order valence-corrected chi connectivity index (χ3v) is 6.02. The van der Waals surface area contributed by atoms with E-state index in [0.29, 0.717) is 22.6 Å². The Bertz CT molecular complexity index is 970. The van der Waals surface area contributed by atoms with Crippen LogP contribution in [0, 0.1) is 0 Å².